The molecule has 0 aromatic heterocycles. The van der Waals surface area contributed by atoms with E-state index in [9.17, 15) is 14.7 Å². The Kier molecular flexibility index (Phi) is 5.57. The molecule has 6 nitrogen and oxygen atoms in total. The van der Waals surface area contributed by atoms with Crippen LogP contribution in [0.4, 0.5) is 0 Å². The number of hydrogen-bond donors (Lipinski definition) is 2. The zero-order valence-electron chi connectivity index (χ0n) is 11.9. The summed E-state index contributed by atoms with van der Waals surface area (Å²) < 4.78 is 5.18. The molecule has 1 aliphatic heterocycles. The van der Waals surface area contributed by atoms with Gasteiger partial charge in [0.2, 0.25) is 11.8 Å². The summed E-state index contributed by atoms with van der Waals surface area (Å²) in [4.78, 5) is 25.4. The molecule has 1 saturated heterocycles. The predicted molar refractivity (Wildman–Crippen MR) is 76.8 cm³/mol. The highest BCUT2D eigenvalue weighted by atomic mass is 16.5. The van der Waals surface area contributed by atoms with Crippen LogP contribution in [-0.2, 0) is 20.7 Å². The lowest BCUT2D eigenvalue weighted by atomic mass is 10.1. The predicted octanol–water partition coefficient (Wildman–Crippen LogP) is 0.300. The number of phenolic OH excluding ortho intramolecular Hbond substituents is 1. The standard InChI is InChI=1S/C15H20N2O4/c18-13-3-1-2-12(10-13)11-14(19)16-5-4-15(20)17-6-8-21-9-7-17/h1-3,10,18H,4-9,11H2,(H,16,19). The van der Waals surface area contributed by atoms with Gasteiger partial charge >= 0.3 is 0 Å². The van der Waals surface area contributed by atoms with E-state index in [-0.39, 0.29) is 24.0 Å². The molecule has 0 radical (unpaired) electrons. The molecule has 114 valence electrons. The van der Waals surface area contributed by atoms with Gasteiger partial charge in [0.25, 0.3) is 0 Å². The Morgan fingerprint density at radius 2 is 2.05 bits per heavy atom. The Morgan fingerprint density at radius 3 is 2.76 bits per heavy atom. The number of nitrogens with one attached hydrogen (secondary N) is 1. The van der Waals surface area contributed by atoms with E-state index in [4.69, 9.17) is 4.74 Å². The first-order chi connectivity index (χ1) is 10.1. The second kappa shape index (κ2) is 7.64. The second-order valence-corrected chi connectivity index (χ2v) is 4.94. The summed E-state index contributed by atoms with van der Waals surface area (Å²) in [5.74, 6) is 0.0223. The van der Waals surface area contributed by atoms with Crippen molar-refractivity contribution in [2.45, 2.75) is 12.8 Å². The number of carbonyl (C=O) groups is 2. The monoisotopic (exact) mass is 292 g/mol. The largest absolute Gasteiger partial charge is 0.508 e. The van der Waals surface area contributed by atoms with E-state index < -0.39 is 0 Å². The number of carbonyl (C=O) groups excluding carboxylic acids is 2. The van der Waals surface area contributed by atoms with E-state index >= 15 is 0 Å². The van der Waals surface area contributed by atoms with Crippen LogP contribution in [0.3, 0.4) is 0 Å². The first-order valence-electron chi connectivity index (χ1n) is 7.05. The molecule has 2 N–H and O–H groups in total. The molecule has 2 rings (SSSR count). The quantitative estimate of drug-likeness (QED) is 0.818. The Hall–Kier alpha value is -2.08. The highest BCUT2D eigenvalue weighted by Crippen LogP contribution is 2.11. The van der Waals surface area contributed by atoms with Crippen molar-refractivity contribution < 1.29 is 19.4 Å². The average molecular weight is 292 g/mol. The van der Waals surface area contributed by atoms with E-state index in [1.807, 2.05) is 0 Å². The zero-order chi connectivity index (χ0) is 15.1. The van der Waals surface area contributed by atoms with Crippen LogP contribution in [0.1, 0.15) is 12.0 Å². The van der Waals surface area contributed by atoms with Crippen molar-refractivity contribution in [2.75, 3.05) is 32.8 Å². The van der Waals surface area contributed by atoms with Crippen molar-refractivity contribution in [3.05, 3.63) is 29.8 Å². The van der Waals surface area contributed by atoms with Crippen LogP contribution < -0.4 is 5.32 Å². The number of aromatic hydroxyl groups is 1. The van der Waals surface area contributed by atoms with Crippen molar-refractivity contribution >= 4 is 11.8 Å². The molecular formula is C15H20N2O4. The normalized spacial score (nSPS) is 14.8. The fourth-order valence-corrected chi connectivity index (χ4v) is 2.19. The summed E-state index contributed by atoms with van der Waals surface area (Å²) in [6, 6.07) is 6.58. The number of morpholine rings is 1. The maximum atomic E-state index is 11.9. The van der Waals surface area contributed by atoms with Gasteiger partial charge in [-0.15, -0.1) is 0 Å². The van der Waals surface area contributed by atoms with Crippen molar-refractivity contribution in [3.63, 3.8) is 0 Å². The summed E-state index contributed by atoms with van der Waals surface area (Å²) in [7, 11) is 0. The molecule has 1 aromatic carbocycles. The van der Waals surface area contributed by atoms with Crippen LogP contribution in [-0.4, -0.2) is 54.7 Å². The maximum Gasteiger partial charge on any atom is 0.224 e. The first-order valence-corrected chi connectivity index (χ1v) is 7.05. The van der Waals surface area contributed by atoms with Crippen LogP contribution >= 0.6 is 0 Å². The van der Waals surface area contributed by atoms with E-state index in [1.165, 1.54) is 0 Å². The highest BCUT2D eigenvalue weighted by Gasteiger charge is 2.16. The summed E-state index contributed by atoms with van der Waals surface area (Å²) >= 11 is 0. The van der Waals surface area contributed by atoms with Crippen molar-refractivity contribution in [3.8, 4) is 5.75 Å². The number of nitrogens with zero attached hydrogens (tertiary/aromatic N) is 1. The van der Waals surface area contributed by atoms with Crippen LogP contribution in [0.2, 0.25) is 0 Å². The Balaban J connectivity index is 1.68. The number of phenols is 1. The molecule has 1 fully saturated rings. The van der Waals surface area contributed by atoms with Crippen molar-refractivity contribution in [2.24, 2.45) is 0 Å². The molecule has 1 aromatic rings. The lowest BCUT2D eigenvalue weighted by Gasteiger charge is -2.26. The number of hydrogen-bond acceptors (Lipinski definition) is 4. The molecule has 0 atom stereocenters. The molecule has 6 heteroatoms. The Bertz CT molecular complexity index is 498. The van der Waals surface area contributed by atoms with E-state index in [1.54, 1.807) is 29.2 Å². The minimum Gasteiger partial charge on any atom is -0.508 e. The Labute approximate surface area is 123 Å². The van der Waals surface area contributed by atoms with Gasteiger partial charge in [-0.3, -0.25) is 9.59 Å². The fraction of sp³-hybridized carbons (Fsp3) is 0.467. The molecule has 1 heterocycles. The molecule has 0 saturated carbocycles. The lowest BCUT2D eigenvalue weighted by molar-refractivity contribution is -0.135. The summed E-state index contributed by atoms with van der Waals surface area (Å²) in [5.41, 5.74) is 0.743. The summed E-state index contributed by atoms with van der Waals surface area (Å²) in [6.07, 6.45) is 0.492. The van der Waals surface area contributed by atoms with Crippen LogP contribution in [0.25, 0.3) is 0 Å². The molecule has 1 aliphatic rings. The molecule has 2 amide bonds. The SMILES string of the molecule is O=C(Cc1cccc(O)c1)NCCC(=O)N1CCOCC1. The number of benzene rings is 1. The van der Waals surface area contributed by atoms with Crippen LogP contribution in [0, 0.1) is 0 Å². The van der Waals surface area contributed by atoms with Gasteiger partial charge in [0.05, 0.1) is 19.6 Å². The number of rotatable bonds is 5. The van der Waals surface area contributed by atoms with Gasteiger partial charge in [-0.1, -0.05) is 12.1 Å². The molecule has 0 bridgehead atoms. The van der Waals surface area contributed by atoms with Gasteiger partial charge in [-0.2, -0.15) is 0 Å². The van der Waals surface area contributed by atoms with Crippen LogP contribution in [0.5, 0.6) is 5.75 Å². The fourth-order valence-electron chi connectivity index (χ4n) is 2.19. The zero-order valence-corrected chi connectivity index (χ0v) is 11.9. The van der Waals surface area contributed by atoms with Gasteiger partial charge in [0, 0.05) is 26.1 Å². The van der Waals surface area contributed by atoms with Gasteiger partial charge < -0.3 is 20.1 Å². The average Bonchev–Trinajstić information content (AvgIpc) is 2.48. The van der Waals surface area contributed by atoms with Crippen molar-refractivity contribution in [1.82, 2.24) is 10.2 Å². The van der Waals surface area contributed by atoms with E-state index in [2.05, 4.69) is 5.32 Å². The van der Waals surface area contributed by atoms with Gasteiger partial charge in [0.15, 0.2) is 0 Å². The van der Waals surface area contributed by atoms with E-state index in [0.29, 0.717) is 39.3 Å². The van der Waals surface area contributed by atoms with Gasteiger partial charge in [-0.05, 0) is 17.7 Å². The molecular weight excluding hydrogens is 272 g/mol. The highest BCUT2D eigenvalue weighted by molar-refractivity contribution is 5.80. The summed E-state index contributed by atoms with van der Waals surface area (Å²) in [6.45, 7) is 2.73. The topological polar surface area (TPSA) is 78.9 Å². The van der Waals surface area contributed by atoms with Gasteiger partial charge in [-0.25, -0.2) is 0 Å². The smallest absolute Gasteiger partial charge is 0.224 e. The maximum absolute atomic E-state index is 11.9. The first kappa shape index (κ1) is 15.3. The third kappa shape index (κ3) is 5.07. The summed E-state index contributed by atoms with van der Waals surface area (Å²) in [5, 5.41) is 12.0. The van der Waals surface area contributed by atoms with Gasteiger partial charge in [0.1, 0.15) is 5.75 Å². The minimum absolute atomic E-state index is 0.0379. The molecule has 0 spiro atoms. The third-order valence-electron chi connectivity index (χ3n) is 3.30. The van der Waals surface area contributed by atoms with E-state index in [0.717, 1.165) is 5.56 Å². The minimum atomic E-state index is -0.157. The number of ether oxygens (including phenoxy) is 1. The van der Waals surface area contributed by atoms with Crippen molar-refractivity contribution in [1.29, 1.82) is 0 Å². The molecule has 0 aliphatic carbocycles. The number of amides is 2. The third-order valence-corrected chi connectivity index (χ3v) is 3.30. The molecule has 0 unspecified atom stereocenters. The second-order valence-electron chi connectivity index (χ2n) is 4.94. The van der Waals surface area contributed by atoms with Crippen LogP contribution in [0.15, 0.2) is 24.3 Å². The lowest BCUT2D eigenvalue weighted by Crippen LogP contribution is -2.42. The Morgan fingerprint density at radius 1 is 1.29 bits per heavy atom. The molecule has 21 heavy (non-hydrogen) atoms.